The summed E-state index contributed by atoms with van der Waals surface area (Å²) in [5, 5.41) is 0.741. The van der Waals surface area contributed by atoms with Crippen molar-refractivity contribution in [1.82, 2.24) is 14.2 Å². The molecule has 0 radical (unpaired) electrons. The highest BCUT2D eigenvalue weighted by Gasteiger charge is 2.31. The second kappa shape index (κ2) is 7.29. The van der Waals surface area contributed by atoms with E-state index in [9.17, 15) is 13.2 Å². The van der Waals surface area contributed by atoms with Gasteiger partial charge in [-0.3, -0.25) is 9.78 Å². The Labute approximate surface area is 156 Å². The van der Waals surface area contributed by atoms with E-state index >= 15 is 0 Å². The highest BCUT2D eigenvalue weighted by atomic mass is 35.5. The second-order valence-corrected chi connectivity index (χ2v) is 8.29. The molecule has 9 heteroatoms. The summed E-state index contributed by atoms with van der Waals surface area (Å²) in [6.45, 7) is 0.977. The molecule has 25 heavy (non-hydrogen) atoms. The smallest absolute Gasteiger partial charge is 0.255 e. The fourth-order valence-corrected chi connectivity index (χ4v) is 4.37. The fraction of sp³-hybridized carbons (Fsp3) is 0.250. The van der Waals surface area contributed by atoms with E-state index in [-0.39, 0.29) is 37.0 Å². The molecule has 0 saturated carbocycles. The summed E-state index contributed by atoms with van der Waals surface area (Å²) in [4.78, 5) is 18.2. The standard InChI is InChI=1S/C16H15Cl2N3O3S/c17-12-3-4-15(18)14(10-12)16(22)20-6-8-21(9-7-20)25(23,24)13-2-1-5-19-11-13/h1-5,10-11H,6-9H2. The summed E-state index contributed by atoms with van der Waals surface area (Å²) in [6.07, 6.45) is 2.84. The molecule has 1 fully saturated rings. The molecular formula is C16H15Cl2N3O3S. The number of carbonyl (C=O) groups excluding carboxylic acids is 1. The predicted molar refractivity (Wildman–Crippen MR) is 95.4 cm³/mol. The number of sulfonamides is 1. The van der Waals surface area contributed by atoms with Gasteiger partial charge in [0, 0.05) is 43.6 Å². The molecule has 1 aliphatic rings. The zero-order valence-electron chi connectivity index (χ0n) is 13.1. The van der Waals surface area contributed by atoms with Crippen LogP contribution in [0, 0.1) is 0 Å². The summed E-state index contributed by atoms with van der Waals surface area (Å²) in [5.41, 5.74) is 0.317. The van der Waals surface area contributed by atoms with Crippen LogP contribution in [0.5, 0.6) is 0 Å². The maximum atomic E-state index is 12.6. The van der Waals surface area contributed by atoms with E-state index in [0.717, 1.165) is 0 Å². The third-order valence-electron chi connectivity index (χ3n) is 3.96. The molecule has 0 N–H and O–H groups in total. The lowest BCUT2D eigenvalue weighted by atomic mass is 10.2. The minimum Gasteiger partial charge on any atom is -0.336 e. The van der Waals surface area contributed by atoms with E-state index in [1.807, 2.05) is 0 Å². The molecule has 0 atom stereocenters. The number of rotatable bonds is 3. The molecule has 0 spiro atoms. The molecule has 1 aliphatic heterocycles. The quantitative estimate of drug-likeness (QED) is 0.794. The Hall–Kier alpha value is -1.67. The van der Waals surface area contributed by atoms with Crippen LogP contribution in [0.15, 0.2) is 47.6 Å². The fourth-order valence-electron chi connectivity index (χ4n) is 2.61. The molecule has 3 rings (SSSR count). The van der Waals surface area contributed by atoms with Gasteiger partial charge in [-0.25, -0.2) is 8.42 Å². The van der Waals surface area contributed by atoms with E-state index in [1.54, 1.807) is 23.1 Å². The number of hydrogen-bond acceptors (Lipinski definition) is 4. The SMILES string of the molecule is O=C(c1cc(Cl)ccc1Cl)N1CCN(S(=O)(=O)c2cccnc2)CC1. The molecule has 2 aromatic rings. The van der Waals surface area contributed by atoms with Gasteiger partial charge in [0.25, 0.3) is 5.91 Å². The van der Waals surface area contributed by atoms with E-state index in [2.05, 4.69) is 4.98 Å². The van der Waals surface area contributed by atoms with Crippen LogP contribution >= 0.6 is 23.2 Å². The Morgan fingerprint density at radius 1 is 1.08 bits per heavy atom. The van der Waals surface area contributed by atoms with Crippen molar-refractivity contribution >= 4 is 39.1 Å². The molecule has 0 unspecified atom stereocenters. The van der Waals surface area contributed by atoms with Gasteiger partial charge in [0.1, 0.15) is 4.90 Å². The van der Waals surface area contributed by atoms with E-state index < -0.39 is 10.0 Å². The molecule has 1 saturated heterocycles. The summed E-state index contributed by atoms with van der Waals surface area (Å²) in [6, 6.07) is 7.78. The number of halogens is 2. The van der Waals surface area contributed by atoms with Gasteiger partial charge in [-0.2, -0.15) is 4.31 Å². The Kier molecular flexibility index (Phi) is 5.29. The van der Waals surface area contributed by atoms with Gasteiger partial charge in [-0.05, 0) is 30.3 Å². The average molecular weight is 400 g/mol. The highest BCUT2D eigenvalue weighted by molar-refractivity contribution is 7.89. The minimum absolute atomic E-state index is 0.146. The van der Waals surface area contributed by atoms with E-state index in [1.165, 1.54) is 28.8 Å². The molecule has 1 aromatic carbocycles. The Bertz CT molecular complexity index is 883. The van der Waals surface area contributed by atoms with Crippen molar-refractivity contribution in [1.29, 1.82) is 0 Å². The normalized spacial score (nSPS) is 16.0. The van der Waals surface area contributed by atoms with Gasteiger partial charge in [0.15, 0.2) is 0 Å². The van der Waals surface area contributed by atoms with Crippen molar-refractivity contribution in [2.75, 3.05) is 26.2 Å². The van der Waals surface area contributed by atoms with Crippen molar-refractivity contribution in [3.63, 3.8) is 0 Å². The monoisotopic (exact) mass is 399 g/mol. The van der Waals surface area contributed by atoms with Crippen molar-refractivity contribution in [3.8, 4) is 0 Å². The number of benzene rings is 1. The largest absolute Gasteiger partial charge is 0.336 e. The molecule has 132 valence electrons. The first kappa shape index (κ1) is 18.1. The number of hydrogen-bond donors (Lipinski definition) is 0. The zero-order valence-corrected chi connectivity index (χ0v) is 15.4. The van der Waals surface area contributed by atoms with Gasteiger partial charge in [0.05, 0.1) is 10.6 Å². The van der Waals surface area contributed by atoms with Crippen LogP contribution in [-0.4, -0.2) is 54.7 Å². The lowest BCUT2D eigenvalue weighted by molar-refractivity contribution is 0.0698. The van der Waals surface area contributed by atoms with Crippen molar-refractivity contribution in [2.45, 2.75) is 4.90 Å². The summed E-state index contributed by atoms with van der Waals surface area (Å²) in [5.74, 6) is -0.258. The maximum absolute atomic E-state index is 12.6. The number of amides is 1. The predicted octanol–water partition coefficient (Wildman–Crippen LogP) is 2.54. The molecule has 6 nitrogen and oxygen atoms in total. The molecule has 0 aliphatic carbocycles. The maximum Gasteiger partial charge on any atom is 0.255 e. The van der Waals surface area contributed by atoms with Crippen molar-refractivity contribution in [3.05, 3.63) is 58.3 Å². The molecular weight excluding hydrogens is 385 g/mol. The van der Waals surface area contributed by atoms with Gasteiger partial charge in [-0.1, -0.05) is 23.2 Å². The third kappa shape index (κ3) is 3.79. The van der Waals surface area contributed by atoms with Crippen LogP contribution in [0.1, 0.15) is 10.4 Å². The van der Waals surface area contributed by atoms with E-state index in [4.69, 9.17) is 23.2 Å². The highest BCUT2D eigenvalue weighted by Crippen LogP contribution is 2.23. The number of pyridine rings is 1. The summed E-state index contributed by atoms with van der Waals surface area (Å²) in [7, 11) is -3.60. The summed E-state index contributed by atoms with van der Waals surface area (Å²) < 4.78 is 26.5. The molecule has 2 heterocycles. The average Bonchev–Trinajstić information content (AvgIpc) is 2.64. The number of nitrogens with zero attached hydrogens (tertiary/aromatic N) is 3. The van der Waals surface area contributed by atoms with Crippen LogP contribution in [0.2, 0.25) is 10.0 Å². The van der Waals surface area contributed by atoms with Gasteiger partial charge < -0.3 is 4.90 Å². The van der Waals surface area contributed by atoms with Crippen LogP contribution in [0.25, 0.3) is 0 Å². The van der Waals surface area contributed by atoms with Gasteiger partial charge >= 0.3 is 0 Å². The first-order chi connectivity index (χ1) is 11.9. The second-order valence-electron chi connectivity index (χ2n) is 5.51. The number of carbonyl (C=O) groups is 1. The van der Waals surface area contributed by atoms with Crippen LogP contribution in [0.4, 0.5) is 0 Å². The van der Waals surface area contributed by atoms with Crippen molar-refractivity contribution < 1.29 is 13.2 Å². The Balaban J connectivity index is 1.72. The van der Waals surface area contributed by atoms with E-state index in [0.29, 0.717) is 15.6 Å². The Morgan fingerprint density at radius 2 is 1.80 bits per heavy atom. The van der Waals surface area contributed by atoms with Crippen molar-refractivity contribution in [2.24, 2.45) is 0 Å². The van der Waals surface area contributed by atoms with Gasteiger partial charge in [0.2, 0.25) is 10.0 Å². The van der Waals surface area contributed by atoms with Gasteiger partial charge in [-0.15, -0.1) is 0 Å². The number of aromatic nitrogens is 1. The summed E-state index contributed by atoms with van der Waals surface area (Å²) >= 11 is 12.0. The lowest BCUT2D eigenvalue weighted by Gasteiger charge is -2.34. The topological polar surface area (TPSA) is 70.6 Å². The first-order valence-corrected chi connectivity index (χ1v) is 9.74. The molecule has 1 aromatic heterocycles. The zero-order chi connectivity index (χ0) is 18.0. The van der Waals surface area contributed by atoms with Crippen LogP contribution < -0.4 is 0 Å². The van der Waals surface area contributed by atoms with Crippen LogP contribution in [0.3, 0.4) is 0 Å². The first-order valence-electron chi connectivity index (χ1n) is 7.54. The molecule has 1 amide bonds. The third-order valence-corrected chi connectivity index (χ3v) is 6.40. The minimum atomic E-state index is -3.60. The number of piperazine rings is 1. The molecule has 0 bridgehead atoms. The Morgan fingerprint density at radius 3 is 2.44 bits per heavy atom. The lowest BCUT2D eigenvalue weighted by Crippen LogP contribution is -2.50. The van der Waals surface area contributed by atoms with Crippen LogP contribution in [-0.2, 0) is 10.0 Å².